The number of benzene rings is 1. The Morgan fingerprint density at radius 1 is 1.09 bits per heavy atom. The molecular formula is C17H21ClN2O2. The van der Waals surface area contributed by atoms with Gasteiger partial charge in [-0.2, -0.15) is 0 Å². The highest BCUT2D eigenvalue weighted by Gasteiger charge is 2.29. The molecule has 1 N–H and O–H groups in total. The van der Waals surface area contributed by atoms with Gasteiger partial charge in [-0.15, -0.1) is 0 Å². The number of amides is 1. The topological polar surface area (TPSA) is 49.4 Å². The molecule has 1 heterocycles. The van der Waals surface area contributed by atoms with Crippen molar-refractivity contribution in [2.75, 3.05) is 23.3 Å². The van der Waals surface area contributed by atoms with Crippen LogP contribution in [0.1, 0.15) is 48.9 Å². The molecule has 0 bridgehead atoms. The summed E-state index contributed by atoms with van der Waals surface area (Å²) in [7, 11) is 0. The first-order valence-electron chi connectivity index (χ1n) is 8.05. The van der Waals surface area contributed by atoms with Gasteiger partial charge in [-0.3, -0.25) is 9.59 Å². The fourth-order valence-corrected chi connectivity index (χ4v) is 3.10. The molecule has 118 valence electrons. The molecule has 0 aromatic heterocycles. The van der Waals surface area contributed by atoms with Gasteiger partial charge in [-0.25, -0.2) is 0 Å². The summed E-state index contributed by atoms with van der Waals surface area (Å²) in [6, 6.07) is 5.37. The molecule has 2 aliphatic rings. The van der Waals surface area contributed by atoms with Crippen LogP contribution in [0.25, 0.3) is 0 Å². The number of hydrogen-bond donors (Lipinski definition) is 1. The van der Waals surface area contributed by atoms with Crippen molar-refractivity contribution in [1.82, 2.24) is 0 Å². The molecule has 1 aromatic rings. The molecule has 0 radical (unpaired) electrons. The van der Waals surface area contributed by atoms with Crippen molar-refractivity contribution in [3.8, 4) is 0 Å². The van der Waals surface area contributed by atoms with E-state index in [1.807, 2.05) is 6.07 Å². The summed E-state index contributed by atoms with van der Waals surface area (Å²) >= 11 is 5.73. The molecule has 1 saturated carbocycles. The number of carbonyl (C=O) groups excluding carboxylic acids is 2. The summed E-state index contributed by atoms with van der Waals surface area (Å²) < 4.78 is 0. The van der Waals surface area contributed by atoms with Gasteiger partial charge in [0, 0.05) is 24.7 Å². The van der Waals surface area contributed by atoms with Gasteiger partial charge in [0.2, 0.25) is 5.91 Å². The molecular weight excluding hydrogens is 300 g/mol. The number of carbonyl (C=O) groups is 2. The van der Waals surface area contributed by atoms with Crippen LogP contribution in [0.15, 0.2) is 18.2 Å². The van der Waals surface area contributed by atoms with Crippen molar-refractivity contribution in [2.45, 2.75) is 38.5 Å². The molecule has 1 amide bonds. The van der Waals surface area contributed by atoms with Gasteiger partial charge in [0.15, 0.2) is 0 Å². The first-order chi connectivity index (χ1) is 10.6. The monoisotopic (exact) mass is 320 g/mol. The van der Waals surface area contributed by atoms with Crippen molar-refractivity contribution in [3.05, 3.63) is 23.8 Å². The minimum absolute atomic E-state index is 0.0757. The number of halogens is 1. The Labute approximate surface area is 135 Å². The number of nitrogens with one attached hydrogen (secondary N) is 1. The lowest BCUT2D eigenvalue weighted by molar-refractivity contribution is -0.117. The summed E-state index contributed by atoms with van der Waals surface area (Å²) in [4.78, 5) is 25.8. The van der Waals surface area contributed by atoms with Crippen LogP contribution < -0.4 is 10.2 Å². The highest BCUT2D eigenvalue weighted by Crippen LogP contribution is 2.32. The third-order valence-electron chi connectivity index (χ3n) is 4.37. The molecule has 0 atom stereocenters. The van der Waals surface area contributed by atoms with E-state index in [4.69, 9.17) is 11.6 Å². The second-order valence-electron chi connectivity index (χ2n) is 6.17. The number of rotatable bonds is 4. The molecule has 1 aliphatic heterocycles. The van der Waals surface area contributed by atoms with E-state index in [0.29, 0.717) is 5.56 Å². The Hall–Kier alpha value is -1.55. The molecule has 3 rings (SSSR count). The Balaban J connectivity index is 1.85. The van der Waals surface area contributed by atoms with Crippen LogP contribution >= 0.6 is 11.6 Å². The third-order valence-corrected chi connectivity index (χ3v) is 4.58. The Morgan fingerprint density at radius 3 is 2.36 bits per heavy atom. The zero-order valence-electron chi connectivity index (χ0n) is 12.6. The highest BCUT2D eigenvalue weighted by atomic mass is 35.5. The summed E-state index contributed by atoms with van der Waals surface area (Å²) in [6.45, 7) is 1.86. The molecule has 4 nitrogen and oxygen atoms in total. The molecule has 5 heteroatoms. The van der Waals surface area contributed by atoms with Crippen LogP contribution in [0, 0.1) is 5.92 Å². The van der Waals surface area contributed by atoms with Crippen LogP contribution in [0.2, 0.25) is 0 Å². The minimum atomic E-state index is -0.445. The van der Waals surface area contributed by atoms with Crippen molar-refractivity contribution >= 4 is 34.1 Å². The molecule has 0 spiro atoms. The van der Waals surface area contributed by atoms with E-state index in [-0.39, 0.29) is 11.8 Å². The zero-order chi connectivity index (χ0) is 15.5. The van der Waals surface area contributed by atoms with Crippen molar-refractivity contribution in [1.29, 1.82) is 0 Å². The van der Waals surface area contributed by atoms with Crippen LogP contribution in [0.5, 0.6) is 0 Å². The predicted molar refractivity (Wildman–Crippen MR) is 88.7 cm³/mol. The largest absolute Gasteiger partial charge is 0.371 e. The quantitative estimate of drug-likeness (QED) is 0.859. The minimum Gasteiger partial charge on any atom is -0.371 e. The molecule has 1 aliphatic carbocycles. The maximum atomic E-state index is 11.9. The SMILES string of the molecule is O=C(Cl)c1ccc(NC(=O)C2CC2)cc1N1CCCCCC1. The van der Waals surface area contributed by atoms with Gasteiger partial charge in [-0.05, 0) is 55.5 Å². The molecule has 1 aromatic carbocycles. The lowest BCUT2D eigenvalue weighted by Crippen LogP contribution is -2.26. The smallest absolute Gasteiger partial charge is 0.254 e. The van der Waals surface area contributed by atoms with Gasteiger partial charge < -0.3 is 10.2 Å². The Bertz CT molecular complexity index is 576. The van der Waals surface area contributed by atoms with Crippen molar-refractivity contribution in [2.24, 2.45) is 5.92 Å². The van der Waals surface area contributed by atoms with Crippen molar-refractivity contribution < 1.29 is 9.59 Å². The maximum Gasteiger partial charge on any atom is 0.254 e. The fourth-order valence-electron chi connectivity index (χ4n) is 2.94. The maximum absolute atomic E-state index is 11.9. The van der Waals surface area contributed by atoms with Gasteiger partial charge in [0.1, 0.15) is 0 Å². The summed E-state index contributed by atoms with van der Waals surface area (Å²) in [5, 5.41) is 2.50. The summed E-state index contributed by atoms with van der Waals surface area (Å²) in [5.74, 6) is 0.239. The fraction of sp³-hybridized carbons (Fsp3) is 0.529. The molecule has 2 fully saturated rings. The standard InChI is InChI=1S/C17H21ClN2O2/c18-16(21)14-8-7-13(19-17(22)12-5-6-12)11-15(14)20-9-3-1-2-4-10-20/h7-8,11-12H,1-6,9-10H2,(H,19,22). The summed E-state index contributed by atoms with van der Waals surface area (Å²) in [6.07, 6.45) is 6.63. The zero-order valence-corrected chi connectivity index (χ0v) is 13.4. The first-order valence-corrected chi connectivity index (χ1v) is 8.42. The average Bonchev–Trinajstić information content (AvgIpc) is 3.33. The predicted octanol–water partition coefficient (Wildman–Crippen LogP) is 3.79. The van der Waals surface area contributed by atoms with E-state index >= 15 is 0 Å². The van der Waals surface area contributed by atoms with Gasteiger partial charge in [0.25, 0.3) is 5.24 Å². The molecule has 22 heavy (non-hydrogen) atoms. The van der Waals surface area contributed by atoms with E-state index in [2.05, 4.69) is 10.2 Å². The van der Waals surface area contributed by atoms with Crippen LogP contribution in [-0.4, -0.2) is 24.2 Å². The van der Waals surface area contributed by atoms with E-state index in [1.165, 1.54) is 12.8 Å². The second kappa shape index (κ2) is 6.69. The van der Waals surface area contributed by atoms with Crippen LogP contribution in [0.4, 0.5) is 11.4 Å². The van der Waals surface area contributed by atoms with Crippen molar-refractivity contribution in [3.63, 3.8) is 0 Å². The summed E-state index contributed by atoms with van der Waals surface area (Å²) in [5.41, 5.74) is 2.11. The Morgan fingerprint density at radius 2 is 1.77 bits per heavy atom. The molecule has 0 unspecified atom stereocenters. The van der Waals surface area contributed by atoms with Crippen LogP contribution in [0.3, 0.4) is 0 Å². The highest BCUT2D eigenvalue weighted by molar-refractivity contribution is 6.68. The lowest BCUT2D eigenvalue weighted by atomic mass is 10.1. The lowest BCUT2D eigenvalue weighted by Gasteiger charge is -2.25. The number of anilines is 2. The van der Waals surface area contributed by atoms with Gasteiger partial charge in [-0.1, -0.05) is 12.8 Å². The van der Waals surface area contributed by atoms with E-state index in [1.54, 1.807) is 12.1 Å². The average molecular weight is 321 g/mol. The second-order valence-corrected chi connectivity index (χ2v) is 6.51. The third kappa shape index (κ3) is 3.61. The van der Waals surface area contributed by atoms with Crippen LogP contribution in [-0.2, 0) is 4.79 Å². The normalized spacial score (nSPS) is 18.7. The van der Waals surface area contributed by atoms with E-state index in [0.717, 1.165) is 50.1 Å². The van der Waals surface area contributed by atoms with E-state index in [9.17, 15) is 9.59 Å². The van der Waals surface area contributed by atoms with Gasteiger partial charge >= 0.3 is 0 Å². The number of hydrogen-bond acceptors (Lipinski definition) is 3. The molecule has 1 saturated heterocycles. The van der Waals surface area contributed by atoms with E-state index < -0.39 is 5.24 Å². The van der Waals surface area contributed by atoms with Gasteiger partial charge in [0.05, 0.1) is 11.3 Å². The Kier molecular flexibility index (Phi) is 4.67. The number of nitrogens with zero attached hydrogens (tertiary/aromatic N) is 1. The first kappa shape index (κ1) is 15.3.